The van der Waals surface area contributed by atoms with Gasteiger partial charge in [-0.2, -0.15) is 4.98 Å². The highest BCUT2D eigenvalue weighted by atomic mass is 16.6. The molecule has 118 heavy (non-hydrogen) atoms. The summed E-state index contributed by atoms with van der Waals surface area (Å²) in [6, 6.07) is 44.3. The number of hydrogen-bond acceptors (Lipinski definition) is 25. The van der Waals surface area contributed by atoms with Crippen molar-refractivity contribution < 1.29 is 112 Å². The average Bonchev–Trinajstić information content (AvgIpc) is 0.802. The standard InChI is InChI=1S/C47H51NO14.C24H20N6O3.C17H20O6/c1-25-31(60-43(56)36(52)35(28-16-10-7-11-17-28)48-41(54)29-18-12-8-13-19-29)23-47(57)40(61-42(55)30-20-14-9-15-21-30)38-45(6,32(51)22-33-46(38,24-58-33)62-27(3)50)39(53)37(59-26(2)49)34(25)44(47,4)5;1-2-33-24-25-20-9-5-8-19(23(31)32)21(20)30(24)14-15-10-12-16(13-11-15)17-6-3-4-7-18(17)22-26-28-29-27-22;1-9(5-7-13(18)19)4-6-11-15(20)14-12(8-23-17(14)21)10(2)16(11)22-3/h7-21,31-33,35-38,40,51-52,57H,22-24H2,1-6H3,(H,48,54);3-13H,2,14H2,1H3,(H,31,32)(H,26,27,28,29);4,20H,5-8H2,1-3H3,(H,18,19)/b;;9-4+/t31-,32-,33+,35-,36+,37+,38-,40-,45+,46-,47+;;/m0../s1. The Morgan fingerprint density at radius 2 is 1.44 bits per heavy atom. The smallest absolute Gasteiger partial charge is 0.342 e. The lowest BCUT2D eigenvalue weighted by Crippen LogP contribution is -2.82. The van der Waals surface area contributed by atoms with E-state index in [2.05, 4.69) is 30.9 Å². The minimum absolute atomic E-state index is 0.00289. The van der Waals surface area contributed by atoms with E-state index in [0.717, 1.165) is 47.2 Å². The van der Waals surface area contributed by atoms with Crippen molar-refractivity contribution in [3.05, 3.63) is 231 Å². The topological polar surface area (TPSA) is 433 Å². The number of aliphatic hydroxyl groups excluding tert-OH is 2. The first-order valence-electron chi connectivity index (χ1n) is 38.2. The van der Waals surface area contributed by atoms with Crippen LogP contribution in [0.2, 0.25) is 0 Å². The Balaban J connectivity index is 0.000000189. The number of aromatic amines is 1. The predicted molar refractivity (Wildman–Crippen MR) is 423 cm³/mol. The van der Waals surface area contributed by atoms with Crippen LogP contribution >= 0.6 is 0 Å². The molecule has 7 aromatic carbocycles. The van der Waals surface area contributed by atoms with Crippen LogP contribution in [0.5, 0.6) is 17.5 Å². The zero-order valence-electron chi connectivity index (χ0n) is 66.4. The van der Waals surface area contributed by atoms with Crippen LogP contribution in [-0.4, -0.2) is 182 Å². The van der Waals surface area contributed by atoms with E-state index in [9.17, 15) is 63.9 Å². The number of imidazole rings is 1. The maximum Gasteiger partial charge on any atom is 0.342 e. The van der Waals surface area contributed by atoms with E-state index in [1.165, 1.54) is 33.1 Å². The molecule has 3 aliphatic carbocycles. The van der Waals surface area contributed by atoms with E-state index in [1.807, 2.05) is 79.9 Å². The minimum atomic E-state index is -2.39. The van der Waals surface area contributed by atoms with E-state index >= 15 is 4.79 Å². The van der Waals surface area contributed by atoms with Gasteiger partial charge < -0.3 is 73.9 Å². The Morgan fingerprint density at radius 3 is 2.04 bits per heavy atom. The van der Waals surface area contributed by atoms with Crippen molar-refractivity contribution in [1.82, 2.24) is 35.5 Å². The van der Waals surface area contributed by atoms with Gasteiger partial charge in [-0.25, -0.2) is 24.3 Å². The maximum atomic E-state index is 15.5. The number of ether oxygens (including phenoxy) is 8. The van der Waals surface area contributed by atoms with Crippen LogP contribution in [0.4, 0.5) is 0 Å². The zero-order chi connectivity index (χ0) is 84.9. The van der Waals surface area contributed by atoms with Crippen LogP contribution in [-0.2, 0) is 72.0 Å². The van der Waals surface area contributed by atoms with Crippen molar-refractivity contribution in [3.63, 3.8) is 0 Å². The summed E-state index contributed by atoms with van der Waals surface area (Å²) in [6.45, 7) is 14.5. The van der Waals surface area contributed by atoms with Gasteiger partial charge in [-0.05, 0) is 133 Å². The molecule has 0 unspecified atom stereocenters. The molecule has 2 aliphatic heterocycles. The lowest BCUT2D eigenvalue weighted by molar-refractivity contribution is -0.346. The van der Waals surface area contributed by atoms with E-state index < -0.39 is 131 Å². The number of allylic oxidation sites excluding steroid dienone is 2. The number of cyclic esters (lactones) is 1. The van der Waals surface area contributed by atoms with Crippen LogP contribution in [0.3, 0.4) is 0 Å². The van der Waals surface area contributed by atoms with Gasteiger partial charge in [0.1, 0.15) is 47.6 Å². The fraction of sp³-hybridized carbons (Fsp3) is 0.352. The molecule has 11 atom stereocenters. The number of amides is 1. The summed E-state index contributed by atoms with van der Waals surface area (Å²) in [5, 5.41) is 83.3. The van der Waals surface area contributed by atoms with E-state index in [-0.39, 0.29) is 65.2 Å². The summed E-state index contributed by atoms with van der Waals surface area (Å²) >= 11 is 0. The summed E-state index contributed by atoms with van der Waals surface area (Å²) in [5.74, 6) is -8.22. The average molecular weight is 1610 g/mol. The third-order valence-corrected chi connectivity index (χ3v) is 22.9. The number of phenols is 1. The van der Waals surface area contributed by atoms with Crippen molar-refractivity contribution in [2.75, 3.05) is 20.3 Å². The second kappa shape index (κ2) is 35.0. The number of nitrogens with zero attached hydrogens (tertiary/aromatic N) is 5. The third kappa shape index (κ3) is 16.4. The lowest BCUT2D eigenvalue weighted by atomic mass is 9.44. The number of hydrogen-bond donors (Lipinski definition) is 8. The van der Waals surface area contributed by atoms with Crippen molar-refractivity contribution in [2.24, 2.45) is 16.7 Å². The Labute approximate surface area is 677 Å². The number of carbonyl (C=O) groups is 9. The number of tetrazole rings is 1. The Bertz CT molecular complexity index is 5380. The highest BCUT2D eigenvalue weighted by molar-refractivity contribution is 6.02. The summed E-state index contributed by atoms with van der Waals surface area (Å²) in [7, 11) is 1.51. The Kier molecular flexibility index (Phi) is 25.1. The molecule has 1 saturated heterocycles. The van der Waals surface area contributed by atoms with Crippen LogP contribution < -0.4 is 14.8 Å². The molecular weight excluding hydrogens is 1520 g/mol. The van der Waals surface area contributed by atoms with Crippen LogP contribution in [0.1, 0.15) is 156 Å². The number of rotatable bonds is 23. The Hall–Kier alpha value is -12.8. The number of aliphatic hydroxyl groups is 3. The number of carboxylic acids is 2. The number of ketones is 1. The molecule has 9 aromatic rings. The SMILES string of the molecule is CC(=O)O[C@H]1C(=O)[C@@]2(C)[C@H]([C@H](OC(=O)c3ccccc3)[C@]3(O)C[C@H](OC(=O)[C@H](O)[C@@H](NC(=O)c4ccccc4)c4ccccc4)C(C)=C1C3(C)C)[C@]1(OC(C)=O)CO[C@@H]1C[C@@H]2O.CCOc1nc2cccc(C(=O)O)c2n1Cc1ccc(-c2ccccc2-c2nnn[nH]2)cc1.COc1c(C)c2c(c(O)c1C/C=C(\C)CCC(=O)O)C(=O)OC2. The summed E-state index contributed by atoms with van der Waals surface area (Å²) in [5.41, 5.74) is 1.24. The lowest BCUT2D eigenvalue weighted by Gasteiger charge is -2.67. The van der Waals surface area contributed by atoms with Gasteiger partial charge in [0.2, 0.25) is 0 Å². The number of carboxylic acid groups (broad SMARTS) is 2. The van der Waals surface area contributed by atoms with Gasteiger partial charge in [-0.3, -0.25) is 28.5 Å². The number of aromatic carboxylic acids is 1. The second-order valence-electron chi connectivity index (χ2n) is 30.3. The number of benzene rings is 7. The number of H-pyrrole nitrogens is 1. The molecule has 2 saturated carbocycles. The maximum absolute atomic E-state index is 15.5. The molecule has 1 amide bonds. The molecule has 8 N–H and O–H groups in total. The molecule has 5 aliphatic rings. The quantitative estimate of drug-likeness (QED) is 0.0167. The summed E-state index contributed by atoms with van der Waals surface area (Å²) in [4.78, 5) is 122. The number of aromatic hydroxyl groups is 1. The van der Waals surface area contributed by atoms with Crippen molar-refractivity contribution in [1.29, 1.82) is 0 Å². The summed E-state index contributed by atoms with van der Waals surface area (Å²) < 4.78 is 48.2. The van der Waals surface area contributed by atoms with E-state index in [0.29, 0.717) is 71.3 Å². The molecule has 2 aromatic heterocycles. The molecule has 3 fully saturated rings. The molecule has 30 heteroatoms. The fourth-order valence-corrected chi connectivity index (χ4v) is 16.8. The van der Waals surface area contributed by atoms with Gasteiger partial charge in [-0.15, -0.1) is 5.10 Å². The molecule has 616 valence electrons. The Morgan fingerprint density at radius 1 is 0.788 bits per heavy atom. The first kappa shape index (κ1) is 84.6. The normalized spacial score (nSPS) is 22.5. The number of phenolic OH excluding ortho intramolecular Hbond substituents is 1. The van der Waals surface area contributed by atoms with Crippen LogP contribution in [0.15, 0.2) is 181 Å². The van der Waals surface area contributed by atoms with E-state index in [1.54, 1.807) is 111 Å². The van der Waals surface area contributed by atoms with Gasteiger partial charge in [-0.1, -0.05) is 147 Å². The fourth-order valence-electron chi connectivity index (χ4n) is 16.8. The molecule has 0 spiro atoms. The minimum Gasteiger partial charge on any atom is -0.507 e. The number of para-hydroxylation sites is 1. The number of aromatic nitrogens is 6. The number of aliphatic carboxylic acids is 1. The number of Topliss-reactive ketones (excluding diaryl/α,β-unsaturated/α-hetero) is 1. The first-order valence-corrected chi connectivity index (χ1v) is 38.2. The molecule has 2 bridgehead atoms. The number of esters is 5. The zero-order valence-corrected chi connectivity index (χ0v) is 66.4. The van der Waals surface area contributed by atoms with Gasteiger partial charge in [0, 0.05) is 60.8 Å². The van der Waals surface area contributed by atoms with E-state index in [4.69, 9.17) is 43.0 Å². The second-order valence-corrected chi connectivity index (χ2v) is 30.3. The molecule has 4 heterocycles. The largest absolute Gasteiger partial charge is 0.507 e. The van der Waals surface area contributed by atoms with Crippen molar-refractivity contribution in [2.45, 2.75) is 161 Å². The molecule has 0 radical (unpaired) electrons. The number of fused-ring (bicyclic) bond motifs is 7. The monoisotopic (exact) mass is 1610 g/mol. The molecule has 14 rings (SSSR count). The number of nitrogens with one attached hydrogen (secondary N) is 2. The van der Waals surface area contributed by atoms with Gasteiger partial charge in [0.05, 0.1) is 72.5 Å². The number of methoxy groups -OCH3 is 1. The van der Waals surface area contributed by atoms with Gasteiger partial charge in [0.25, 0.3) is 11.9 Å². The first-order chi connectivity index (χ1) is 56.3. The molecular formula is C88H91N7O23. The predicted octanol–water partition coefficient (Wildman–Crippen LogP) is 10.5. The van der Waals surface area contributed by atoms with Gasteiger partial charge >= 0.3 is 41.8 Å². The summed E-state index contributed by atoms with van der Waals surface area (Å²) in [6.07, 6.45) is -7.83. The number of carbonyl (C=O) groups excluding carboxylic acids is 7. The molecule has 30 nitrogen and oxygen atoms in total. The highest BCUT2D eigenvalue weighted by Gasteiger charge is 2.78. The van der Waals surface area contributed by atoms with Crippen molar-refractivity contribution in [3.8, 4) is 40.0 Å². The van der Waals surface area contributed by atoms with Crippen molar-refractivity contribution >= 4 is 64.5 Å². The highest BCUT2D eigenvalue weighted by Crippen LogP contribution is 2.65. The third-order valence-electron chi connectivity index (χ3n) is 22.9. The van der Waals surface area contributed by atoms with Crippen LogP contribution in [0, 0.1) is 23.7 Å². The van der Waals surface area contributed by atoms with Gasteiger partial charge in [0.15, 0.2) is 29.4 Å². The van der Waals surface area contributed by atoms with Crippen LogP contribution in [0.25, 0.3) is 33.5 Å².